The van der Waals surface area contributed by atoms with Crippen LogP contribution in [0.15, 0.2) is 26.0 Å². The van der Waals surface area contributed by atoms with Gasteiger partial charge >= 0.3 is 0 Å². The molecule has 0 radical (unpaired) electrons. The lowest BCUT2D eigenvalue weighted by molar-refractivity contribution is 0.00945. The number of rotatable bonds is 4. The van der Waals surface area contributed by atoms with Crippen molar-refractivity contribution in [3.63, 3.8) is 0 Å². The molecule has 1 aromatic rings. The van der Waals surface area contributed by atoms with Gasteiger partial charge in [0.05, 0.1) is 5.60 Å². The maximum atomic E-state index is 12.4. The predicted octanol–water partition coefficient (Wildman–Crippen LogP) is 2.77. The monoisotopic (exact) mass is 440 g/mol. The quantitative estimate of drug-likeness (QED) is 0.626. The second-order valence-corrected chi connectivity index (χ2v) is 8.84. The topological polar surface area (TPSA) is 92.4 Å². The molecule has 1 fully saturated rings. The summed E-state index contributed by atoms with van der Waals surface area (Å²) < 4.78 is 28.2. The number of anilines is 1. The van der Waals surface area contributed by atoms with Gasteiger partial charge in [-0.1, -0.05) is 19.3 Å². The smallest absolute Gasteiger partial charge is 0.242 e. The van der Waals surface area contributed by atoms with Crippen molar-refractivity contribution in [2.24, 2.45) is 0 Å². The fourth-order valence-corrected chi connectivity index (χ4v) is 6.26. The van der Waals surface area contributed by atoms with E-state index >= 15 is 0 Å². The maximum Gasteiger partial charge on any atom is 0.242 e. The predicted molar refractivity (Wildman–Crippen MR) is 89.5 cm³/mol. The van der Waals surface area contributed by atoms with Crippen molar-refractivity contribution >= 4 is 47.6 Å². The third-order valence-corrected chi connectivity index (χ3v) is 6.94. The molecule has 2 rings (SSSR count). The molecular formula is C13H18Br2N2O3S. The molecule has 0 spiro atoms. The SMILES string of the molecule is Nc1cc(Br)c(S(=O)(=O)NCC2(O)CCCCC2)c(Br)c1. The molecule has 1 aromatic carbocycles. The lowest BCUT2D eigenvalue weighted by Gasteiger charge is -2.32. The number of halogens is 2. The van der Waals surface area contributed by atoms with E-state index < -0.39 is 15.6 Å². The molecule has 1 saturated carbocycles. The Balaban J connectivity index is 2.19. The third kappa shape index (κ3) is 4.19. The van der Waals surface area contributed by atoms with Crippen molar-refractivity contribution < 1.29 is 13.5 Å². The summed E-state index contributed by atoms with van der Waals surface area (Å²) in [5.74, 6) is 0. The summed E-state index contributed by atoms with van der Waals surface area (Å²) in [6.07, 6.45) is 4.18. The van der Waals surface area contributed by atoms with Crippen molar-refractivity contribution in [2.75, 3.05) is 12.3 Å². The van der Waals surface area contributed by atoms with Crippen LogP contribution >= 0.6 is 31.9 Å². The van der Waals surface area contributed by atoms with Gasteiger partial charge in [0.1, 0.15) is 4.90 Å². The number of aliphatic hydroxyl groups is 1. The first-order chi connectivity index (χ1) is 9.73. The van der Waals surface area contributed by atoms with Gasteiger partial charge in [-0.3, -0.25) is 0 Å². The molecule has 118 valence electrons. The van der Waals surface area contributed by atoms with E-state index in [9.17, 15) is 13.5 Å². The second kappa shape index (κ2) is 6.54. The molecule has 0 aromatic heterocycles. The number of hydrogen-bond donors (Lipinski definition) is 3. The summed E-state index contributed by atoms with van der Waals surface area (Å²) in [6, 6.07) is 3.07. The minimum Gasteiger partial charge on any atom is -0.399 e. The van der Waals surface area contributed by atoms with E-state index in [1.54, 1.807) is 0 Å². The Hall–Kier alpha value is -0.150. The number of nitrogens with one attached hydrogen (secondary N) is 1. The lowest BCUT2D eigenvalue weighted by Crippen LogP contribution is -2.44. The van der Waals surface area contributed by atoms with Gasteiger partial charge in [-0.2, -0.15) is 0 Å². The Morgan fingerprint density at radius 1 is 1.19 bits per heavy atom. The zero-order chi connectivity index (χ0) is 15.7. The largest absolute Gasteiger partial charge is 0.399 e. The van der Waals surface area contributed by atoms with Crippen LogP contribution in [0.4, 0.5) is 5.69 Å². The second-order valence-electron chi connectivity index (χ2n) is 5.42. The van der Waals surface area contributed by atoms with Crippen LogP contribution in [-0.4, -0.2) is 25.7 Å². The average molecular weight is 442 g/mol. The molecule has 5 nitrogen and oxygen atoms in total. The first-order valence-corrected chi connectivity index (χ1v) is 9.77. The number of benzene rings is 1. The summed E-state index contributed by atoms with van der Waals surface area (Å²) in [5.41, 5.74) is 5.18. The van der Waals surface area contributed by atoms with E-state index in [-0.39, 0.29) is 11.4 Å². The minimum atomic E-state index is -3.74. The van der Waals surface area contributed by atoms with Gasteiger partial charge in [-0.05, 0) is 56.8 Å². The molecule has 0 unspecified atom stereocenters. The maximum absolute atomic E-state index is 12.4. The molecule has 4 N–H and O–H groups in total. The standard InChI is InChI=1S/C13H18Br2N2O3S/c14-10-6-9(16)7-11(15)12(10)21(19,20)17-8-13(18)4-2-1-3-5-13/h6-7,17-18H,1-5,8,16H2. The molecular weight excluding hydrogens is 424 g/mol. The first-order valence-electron chi connectivity index (χ1n) is 6.70. The molecule has 0 atom stereocenters. The number of sulfonamides is 1. The van der Waals surface area contributed by atoms with Crippen LogP contribution in [0.1, 0.15) is 32.1 Å². The van der Waals surface area contributed by atoms with Crippen molar-refractivity contribution in [1.29, 1.82) is 0 Å². The van der Waals surface area contributed by atoms with Crippen molar-refractivity contribution in [3.8, 4) is 0 Å². The molecule has 8 heteroatoms. The average Bonchev–Trinajstić information content (AvgIpc) is 2.36. The van der Waals surface area contributed by atoms with Gasteiger partial charge < -0.3 is 10.8 Å². The summed E-state index contributed by atoms with van der Waals surface area (Å²) >= 11 is 6.44. The zero-order valence-corrected chi connectivity index (χ0v) is 15.4. The third-order valence-electron chi connectivity index (χ3n) is 3.66. The van der Waals surface area contributed by atoms with Crippen molar-refractivity contribution in [1.82, 2.24) is 4.72 Å². The molecule has 0 amide bonds. The van der Waals surface area contributed by atoms with Gasteiger partial charge in [-0.25, -0.2) is 13.1 Å². The van der Waals surface area contributed by atoms with Crippen LogP contribution in [-0.2, 0) is 10.0 Å². The summed E-state index contributed by atoms with van der Waals surface area (Å²) in [4.78, 5) is 0.0936. The van der Waals surface area contributed by atoms with E-state index in [0.717, 1.165) is 19.3 Å². The van der Waals surface area contributed by atoms with E-state index in [0.29, 0.717) is 27.5 Å². The Labute approximate surface area is 141 Å². The molecule has 21 heavy (non-hydrogen) atoms. The Kier molecular flexibility index (Phi) is 5.36. The molecule has 1 aliphatic carbocycles. The minimum absolute atomic E-state index is 0.0264. The highest BCUT2D eigenvalue weighted by molar-refractivity contribution is 9.11. The fourth-order valence-electron chi connectivity index (χ4n) is 2.52. The van der Waals surface area contributed by atoms with E-state index in [4.69, 9.17) is 5.73 Å². The number of nitrogens with two attached hydrogens (primary N) is 1. The Morgan fingerprint density at radius 3 is 2.24 bits per heavy atom. The molecule has 0 saturated heterocycles. The summed E-state index contributed by atoms with van der Waals surface area (Å²) in [7, 11) is -3.74. The summed E-state index contributed by atoms with van der Waals surface area (Å²) in [6.45, 7) is 0.0264. The Bertz CT molecular complexity index is 605. The van der Waals surface area contributed by atoms with Gasteiger partial charge in [-0.15, -0.1) is 0 Å². The molecule has 0 aliphatic heterocycles. The molecule has 0 bridgehead atoms. The van der Waals surface area contributed by atoms with Crippen LogP contribution in [0, 0.1) is 0 Å². The first kappa shape index (κ1) is 17.2. The van der Waals surface area contributed by atoms with E-state index in [1.165, 1.54) is 12.1 Å². The van der Waals surface area contributed by atoms with Crippen molar-refractivity contribution in [2.45, 2.75) is 42.6 Å². The summed E-state index contributed by atoms with van der Waals surface area (Å²) in [5, 5.41) is 10.4. The normalized spacial score (nSPS) is 18.6. The number of hydrogen-bond acceptors (Lipinski definition) is 4. The van der Waals surface area contributed by atoms with E-state index in [1.807, 2.05) is 0 Å². The highest BCUT2D eigenvalue weighted by atomic mass is 79.9. The number of nitrogen functional groups attached to an aromatic ring is 1. The van der Waals surface area contributed by atoms with Gasteiger partial charge in [0.2, 0.25) is 10.0 Å². The molecule has 0 heterocycles. The van der Waals surface area contributed by atoms with Crippen LogP contribution in [0.5, 0.6) is 0 Å². The van der Waals surface area contributed by atoms with Crippen molar-refractivity contribution in [3.05, 3.63) is 21.1 Å². The van der Waals surface area contributed by atoms with Gasteiger partial charge in [0.25, 0.3) is 0 Å². The fraction of sp³-hybridized carbons (Fsp3) is 0.538. The zero-order valence-electron chi connectivity index (χ0n) is 11.4. The van der Waals surface area contributed by atoms with E-state index in [2.05, 4.69) is 36.6 Å². The Morgan fingerprint density at radius 2 is 1.71 bits per heavy atom. The molecule has 1 aliphatic rings. The van der Waals surface area contributed by atoms with Crippen LogP contribution in [0.2, 0.25) is 0 Å². The van der Waals surface area contributed by atoms with Crippen LogP contribution in [0.3, 0.4) is 0 Å². The van der Waals surface area contributed by atoms with Crippen LogP contribution in [0.25, 0.3) is 0 Å². The highest BCUT2D eigenvalue weighted by Crippen LogP contribution is 2.33. The van der Waals surface area contributed by atoms with Crippen LogP contribution < -0.4 is 10.5 Å². The van der Waals surface area contributed by atoms with Gasteiger partial charge in [0, 0.05) is 21.2 Å². The van der Waals surface area contributed by atoms with Gasteiger partial charge in [0.15, 0.2) is 0 Å². The highest BCUT2D eigenvalue weighted by Gasteiger charge is 2.32. The lowest BCUT2D eigenvalue weighted by atomic mass is 9.85.